The standard InChI is InChI=1S/C22H30N4O5S/c1-16-7-8-17(15-18(16)32(30,31)25-12-5-2-6-13-25)23-19(27)9-14-26-20(28)22(24-21(26)29)10-3-4-11-22/h7-8,15H,2-6,9-14H2,1H3,(H,23,27)(H,24,29). The highest BCUT2D eigenvalue weighted by Gasteiger charge is 2.52. The summed E-state index contributed by atoms with van der Waals surface area (Å²) in [6.07, 6.45) is 5.73. The minimum absolute atomic E-state index is 0.0109. The molecule has 9 nitrogen and oxygen atoms in total. The van der Waals surface area contributed by atoms with Gasteiger partial charge in [-0.3, -0.25) is 14.5 Å². The van der Waals surface area contributed by atoms with E-state index in [0.717, 1.165) is 37.0 Å². The lowest BCUT2D eigenvalue weighted by atomic mass is 9.98. The molecule has 4 rings (SSSR count). The van der Waals surface area contributed by atoms with Crippen molar-refractivity contribution in [3.63, 3.8) is 0 Å². The maximum atomic E-state index is 13.1. The Morgan fingerprint density at radius 1 is 1.09 bits per heavy atom. The third-order valence-corrected chi connectivity index (χ3v) is 8.71. The van der Waals surface area contributed by atoms with E-state index in [1.54, 1.807) is 19.1 Å². The number of urea groups is 1. The molecule has 1 aromatic rings. The summed E-state index contributed by atoms with van der Waals surface area (Å²) in [6.45, 7) is 2.74. The van der Waals surface area contributed by atoms with Crippen molar-refractivity contribution in [3.8, 4) is 0 Å². The first kappa shape index (κ1) is 22.7. The van der Waals surface area contributed by atoms with E-state index in [2.05, 4.69) is 10.6 Å². The molecule has 2 aliphatic heterocycles. The van der Waals surface area contributed by atoms with Gasteiger partial charge in [0, 0.05) is 31.7 Å². The maximum absolute atomic E-state index is 13.1. The average Bonchev–Trinajstić information content (AvgIpc) is 3.33. The number of sulfonamides is 1. The van der Waals surface area contributed by atoms with Gasteiger partial charge >= 0.3 is 6.03 Å². The van der Waals surface area contributed by atoms with Gasteiger partial charge in [0.25, 0.3) is 5.91 Å². The first-order valence-corrected chi connectivity index (χ1v) is 12.7. The van der Waals surface area contributed by atoms with Crippen LogP contribution in [0.1, 0.15) is 56.9 Å². The number of hydrogen-bond donors (Lipinski definition) is 2. The van der Waals surface area contributed by atoms with E-state index >= 15 is 0 Å². The second-order valence-electron chi connectivity index (χ2n) is 8.92. The molecule has 0 unspecified atom stereocenters. The fourth-order valence-electron chi connectivity index (χ4n) is 4.83. The Morgan fingerprint density at radius 3 is 2.47 bits per heavy atom. The summed E-state index contributed by atoms with van der Waals surface area (Å²) >= 11 is 0. The quantitative estimate of drug-likeness (QED) is 0.630. The van der Waals surface area contributed by atoms with Crippen molar-refractivity contribution in [1.82, 2.24) is 14.5 Å². The molecular formula is C22H30N4O5S. The van der Waals surface area contributed by atoms with E-state index in [9.17, 15) is 22.8 Å². The molecule has 1 aliphatic carbocycles. The van der Waals surface area contributed by atoms with E-state index in [4.69, 9.17) is 0 Å². The van der Waals surface area contributed by atoms with Crippen LogP contribution in [0.15, 0.2) is 23.1 Å². The molecule has 32 heavy (non-hydrogen) atoms. The van der Waals surface area contributed by atoms with Gasteiger partial charge in [0.05, 0.1) is 4.90 Å². The highest BCUT2D eigenvalue weighted by Crippen LogP contribution is 2.35. The second-order valence-corrected chi connectivity index (χ2v) is 10.8. The third-order valence-electron chi connectivity index (χ3n) is 6.67. The maximum Gasteiger partial charge on any atom is 0.325 e. The van der Waals surface area contributed by atoms with Crippen LogP contribution in [0.4, 0.5) is 10.5 Å². The van der Waals surface area contributed by atoms with Crippen LogP contribution in [-0.4, -0.2) is 60.6 Å². The molecule has 0 aromatic heterocycles. The molecule has 10 heteroatoms. The second kappa shape index (κ2) is 8.82. The molecule has 174 valence electrons. The average molecular weight is 463 g/mol. The number of carbonyl (C=O) groups excluding carboxylic acids is 3. The van der Waals surface area contributed by atoms with E-state index in [0.29, 0.717) is 37.2 Å². The lowest BCUT2D eigenvalue weighted by Crippen LogP contribution is -2.44. The molecule has 4 amide bonds. The van der Waals surface area contributed by atoms with E-state index in [1.807, 2.05) is 0 Å². The van der Waals surface area contributed by atoms with Crippen molar-refractivity contribution in [2.45, 2.75) is 68.7 Å². The highest BCUT2D eigenvalue weighted by atomic mass is 32.2. The normalized spacial score (nSPS) is 21.2. The number of benzene rings is 1. The van der Waals surface area contributed by atoms with Crippen LogP contribution in [0.5, 0.6) is 0 Å². The molecule has 1 saturated carbocycles. The van der Waals surface area contributed by atoms with Crippen molar-refractivity contribution < 1.29 is 22.8 Å². The van der Waals surface area contributed by atoms with Gasteiger partial charge in [0.2, 0.25) is 15.9 Å². The topological polar surface area (TPSA) is 116 Å². The molecule has 0 bridgehead atoms. The van der Waals surface area contributed by atoms with Crippen LogP contribution in [0.2, 0.25) is 0 Å². The van der Waals surface area contributed by atoms with Crippen LogP contribution in [-0.2, 0) is 19.6 Å². The molecule has 1 aromatic carbocycles. The highest BCUT2D eigenvalue weighted by molar-refractivity contribution is 7.89. The van der Waals surface area contributed by atoms with E-state index in [1.165, 1.54) is 10.4 Å². The Kier molecular flexibility index (Phi) is 6.26. The zero-order valence-corrected chi connectivity index (χ0v) is 19.2. The van der Waals surface area contributed by atoms with Crippen LogP contribution >= 0.6 is 0 Å². The van der Waals surface area contributed by atoms with Gasteiger partial charge in [0.1, 0.15) is 5.54 Å². The van der Waals surface area contributed by atoms with Crippen molar-refractivity contribution in [2.75, 3.05) is 25.0 Å². The van der Waals surface area contributed by atoms with Gasteiger partial charge < -0.3 is 10.6 Å². The number of carbonyl (C=O) groups is 3. The predicted octanol–water partition coefficient (Wildman–Crippen LogP) is 2.36. The minimum Gasteiger partial charge on any atom is -0.326 e. The van der Waals surface area contributed by atoms with Crippen molar-refractivity contribution in [3.05, 3.63) is 23.8 Å². The molecular weight excluding hydrogens is 432 g/mol. The van der Waals surface area contributed by atoms with E-state index in [-0.39, 0.29) is 29.7 Å². The number of rotatable bonds is 6. The van der Waals surface area contributed by atoms with E-state index < -0.39 is 21.6 Å². The summed E-state index contributed by atoms with van der Waals surface area (Å²) in [5, 5.41) is 5.51. The van der Waals surface area contributed by atoms with Gasteiger partial charge in [-0.25, -0.2) is 13.2 Å². The zero-order chi connectivity index (χ0) is 22.9. The molecule has 2 N–H and O–H groups in total. The Morgan fingerprint density at radius 2 is 1.78 bits per heavy atom. The number of nitrogens with one attached hydrogen (secondary N) is 2. The monoisotopic (exact) mass is 462 g/mol. The fraction of sp³-hybridized carbons (Fsp3) is 0.591. The largest absolute Gasteiger partial charge is 0.326 e. The first-order valence-electron chi connectivity index (χ1n) is 11.3. The Balaban J connectivity index is 1.40. The molecule has 0 radical (unpaired) electrons. The lowest BCUT2D eigenvalue weighted by Gasteiger charge is -2.26. The van der Waals surface area contributed by atoms with Crippen LogP contribution in [0.3, 0.4) is 0 Å². The number of amides is 4. The summed E-state index contributed by atoms with van der Waals surface area (Å²) in [6, 6.07) is 4.37. The lowest BCUT2D eigenvalue weighted by molar-refractivity contribution is -0.131. The summed E-state index contributed by atoms with van der Waals surface area (Å²) < 4.78 is 27.6. The van der Waals surface area contributed by atoms with Crippen LogP contribution < -0.4 is 10.6 Å². The number of anilines is 1. The number of hydrogen-bond acceptors (Lipinski definition) is 5. The summed E-state index contributed by atoms with van der Waals surface area (Å²) in [5.74, 6) is -0.638. The van der Waals surface area contributed by atoms with Gasteiger partial charge in [-0.05, 0) is 50.3 Å². The number of imide groups is 1. The van der Waals surface area contributed by atoms with Gasteiger partial charge in [-0.15, -0.1) is 0 Å². The molecule has 2 heterocycles. The molecule has 3 aliphatic rings. The molecule has 0 atom stereocenters. The molecule has 2 saturated heterocycles. The smallest absolute Gasteiger partial charge is 0.325 e. The van der Waals surface area contributed by atoms with Crippen molar-refractivity contribution >= 4 is 33.6 Å². The van der Waals surface area contributed by atoms with Gasteiger partial charge in [-0.1, -0.05) is 25.3 Å². The Bertz CT molecular complexity index is 1030. The number of nitrogens with zero attached hydrogens (tertiary/aromatic N) is 2. The SMILES string of the molecule is Cc1ccc(NC(=O)CCN2C(=O)NC3(CCCC3)C2=O)cc1S(=O)(=O)N1CCCCC1. The summed E-state index contributed by atoms with van der Waals surface area (Å²) in [4.78, 5) is 38.8. The van der Waals surface area contributed by atoms with Crippen LogP contribution in [0.25, 0.3) is 0 Å². The number of aryl methyl sites for hydroxylation is 1. The summed E-state index contributed by atoms with van der Waals surface area (Å²) in [7, 11) is -3.63. The molecule has 3 fully saturated rings. The minimum atomic E-state index is -3.63. The zero-order valence-electron chi connectivity index (χ0n) is 18.4. The Hall–Kier alpha value is -2.46. The molecule has 1 spiro atoms. The van der Waals surface area contributed by atoms with Crippen molar-refractivity contribution in [2.24, 2.45) is 0 Å². The first-order chi connectivity index (χ1) is 15.2. The van der Waals surface area contributed by atoms with Crippen LogP contribution in [0, 0.1) is 6.92 Å². The Labute approximate surface area is 188 Å². The summed E-state index contributed by atoms with van der Waals surface area (Å²) in [5.41, 5.74) is 0.206. The third kappa shape index (κ3) is 4.25. The van der Waals surface area contributed by atoms with Gasteiger partial charge in [0.15, 0.2) is 0 Å². The number of piperidine rings is 1. The predicted molar refractivity (Wildman–Crippen MR) is 118 cm³/mol. The van der Waals surface area contributed by atoms with Crippen molar-refractivity contribution in [1.29, 1.82) is 0 Å². The fourth-order valence-corrected chi connectivity index (χ4v) is 6.60. The van der Waals surface area contributed by atoms with Gasteiger partial charge in [-0.2, -0.15) is 4.31 Å².